The van der Waals surface area contributed by atoms with Crippen molar-refractivity contribution in [2.24, 2.45) is 5.92 Å². The lowest BCUT2D eigenvalue weighted by Gasteiger charge is -2.15. The summed E-state index contributed by atoms with van der Waals surface area (Å²) in [4.78, 5) is 16.5. The molecule has 1 aromatic heterocycles. The van der Waals surface area contributed by atoms with E-state index in [-0.39, 0.29) is 12.5 Å². The van der Waals surface area contributed by atoms with Crippen molar-refractivity contribution in [2.45, 2.75) is 33.1 Å². The number of rotatable bonds is 4. The second-order valence-corrected chi connectivity index (χ2v) is 6.13. The maximum Gasteiger partial charge on any atom is 0.263 e. The molecule has 2 heterocycles. The maximum atomic E-state index is 12.4. The Morgan fingerprint density at radius 1 is 1.61 bits per heavy atom. The minimum atomic E-state index is 0.170. The summed E-state index contributed by atoms with van der Waals surface area (Å²) in [6, 6.07) is 2.02. The number of aliphatic hydroxyl groups excluding tert-OH is 1. The molecular weight excluding hydrogens is 246 g/mol. The van der Waals surface area contributed by atoms with Crippen molar-refractivity contribution < 1.29 is 9.90 Å². The Morgan fingerprint density at radius 2 is 2.39 bits per heavy atom. The number of amides is 1. The van der Waals surface area contributed by atoms with E-state index in [1.807, 2.05) is 11.0 Å². The Bertz CT molecular complexity index is 427. The van der Waals surface area contributed by atoms with Crippen molar-refractivity contribution >= 4 is 17.2 Å². The van der Waals surface area contributed by atoms with Crippen molar-refractivity contribution in [3.05, 3.63) is 21.4 Å². The fourth-order valence-corrected chi connectivity index (χ4v) is 3.65. The number of aliphatic hydroxyl groups is 1. The highest BCUT2D eigenvalue weighted by Crippen LogP contribution is 2.26. The van der Waals surface area contributed by atoms with Crippen LogP contribution < -0.4 is 0 Å². The molecule has 0 radical (unpaired) electrons. The molecule has 0 aromatic carbocycles. The van der Waals surface area contributed by atoms with E-state index in [1.54, 1.807) is 11.3 Å². The van der Waals surface area contributed by atoms with E-state index < -0.39 is 0 Å². The van der Waals surface area contributed by atoms with Crippen LogP contribution in [0.4, 0.5) is 0 Å². The molecule has 1 fully saturated rings. The number of carbonyl (C=O) groups excluding carboxylic acids is 1. The molecule has 3 nitrogen and oxygen atoms in total. The second-order valence-electron chi connectivity index (χ2n) is 4.99. The average molecular weight is 267 g/mol. The van der Waals surface area contributed by atoms with Crippen LogP contribution in [-0.4, -0.2) is 35.6 Å². The summed E-state index contributed by atoms with van der Waals surface area (Å²) in [6.07, 6.45) is 2.83. The predicted octanol–water partition coefficient (Wildman–Crippen LogP) is 2.46. The summed E-state index contributed by atoms with van der Waals surface area (Å²) in [5.41, 5.74) is 1.23. The summed E-state index contributed by atoms with van der Waals surface area (Å²) in [5, 5.41) is 8.94. The molecule has 0 bridgehead atoms. The van der Waals surface area contributed by atoms with E-state index in [0.717, 1.165) is 37.2 Å². The number of aryl methyl sites for hydroxylation is 2. The van der Waals surface area contributed by atoms with E-state index in [4.69, 9.17) is 5.11 Å². The Balaban J connectivity index is 2.03. The highest BCUT2D eigenvalue weighted by molar-refractivity contribution is 7.14. The Labute approximate surface area is 112 Å². The van der Waals surface area contributed by atoms with Crippen LogP contribution in [0.2, 0.25) is 0 Å². The predicted molar refractivity (Wildman–Crippen MR) is 74.1 cm³/mol. The minimum Gasteiger partial charge on any atom is -0.396 e. The van der Waals surface area contributed by atoms with Gasteiger partial charge in [0, 0.05) is 24.6 Å². The largest absolute Gasteiger partial charge is 0.396 e. The first kappa shape index (κ1) is 13.6. The Hall–Kier alpha value is -0.870. The summed E-state index contributed by atoms with van der Waals surface area (Å²) in [6.45, 7) is 6.06. The molecule has 1 aromatic rings. The van der Waals surface area contributed by atoms with Gasteiger partial charge in [-0.1, -0.05) is 6.92 Å². The maximum absolute atomic E-state index is 12.4. The van der Waals surface area contributed by atoms with Crippen molar-refractivity contribution in [3.63, 3.8) is 0 Å². The third kappa shape index (κ3) is 2.75. The zero-order chi connectivity index (χ0) is 13.1. The van der Waals surface area contributed by atoms with Crippen LogP contribution in [0.5, 0.6) is 0 Å². The SMILES string of the molecule is CCc1sc(C(=O)N2CCC(CCO)C2)cc1C. The molecule has 18 heavy (non-hydrogen) atoms. The lowest BCUT2D eigenvalue weighted by molar-refractivity contribution is 0.0789. The molecule has 0 saturated carbocycles. The van der Waals surface area contributed by atoms with Crippen LogP contribution in [0.3, 0.4) is 0 Å². The van der Waals surface area contributed by atoms with E-state index in [0.29, 0.717) is 5.92 Å². The molecule has 1 aliphatic heterocycles. The number of thiophene rings is 1. The molecule has 0 aliphatic carbocycles. The number of hydrogen-bond donors (Lipinski definition) is 1. The summed E-state index contributed by atoms with van der Waals surface area (Å²) < 4.78 is 0. The molecular formula is C14H21NO2S. The van der Waals surface area contributed by atoms with Gasteiger partial charge in [-0.25, -0.2) is 0 Å². The highest BCUT2D eigenvalue weighted by Gasteiger charge is 2.27. The van der Waals surface area contributed by atoms with E-state index in [9.17, 15) is 4.79 Å². The molecule has 1 atom stereocenters. The summed E-state index contributed by atoms with van der Waals surface area (Å²) in [7, 11) is 0. The van der Waals surface area contributed by atoms with E-state index in [1.165, 1.54) is 10.4 Å². The number of hydrogen-bond acceptors (Lipinski definition) is 3. The summed E-state index contributed by atoms with van der Waals surface area (Å²) >= 11 is 1.63. The van der Waals surface area contributed by atoms with Crippen LogP contribution in [0.15, 0.2) is 6.07 Å². The van der Waals surface area contributed by atoms with Crippen LogP contribution in [-0.2, 0) is 6.42 Å². The third-order valence-electron chi connectivity index (χ3n) is 3.66. The third-order valence-corrected chi connectivity index (χ3v) is 5.03. The number of carbonyl (C=O) groups is 1. The Kier molecular flexibility index (Phi) is 4.40. The first-order valence-corrected chi connectivity index (χ1v) is 7.46. The second kappa shape index (κ2) is 5.85. The molecule has 0 spiro atoms. The van der Waals surface area contributed by atoms with Gasteiger partial charge in [-0.3, -0.25) is 4.79 Å². The van der Waals surface area contributed by atoms with Crippen molar-refractivity contribution in [1.29, 1.82) is 0 Å². The Morgan fingerprint density at radius 3 is 3.00 bits per heavy atom. The van der Waals surface area contributed by atoms with Gasteiger partial charge < -0.3 is 10.0 Å². The first-order valence-electron chi connectivity index (χ1n) is 6.65. The van der Waals surface area contributed by atoms with Gasteiger partial charge in [-0.2, -0.15) is 0 Å². The lowest BCUT2D eigenvalue weighted by atomic mass is 10.1. The van der Waals surface area contributed by atoms with Gasteiger partial charge in [-0.05, 0) is 43.7 Å². The monoisotopic (exact) mass is 267 g/mol. The standard InChI is InChI=1S/C14H21NO2S/c1-3-12-10(2)8-13(18-12)14(17)15-6-4-11(9-15)5-7-16/h8,11,16H,3-7,9H2,1-2H3. The van der Waals surface area contributed by atoms with Gasteiger partial charge >= 0.3 is 0 Å². The minimum absolute atomic E-state index is 0.170. The first-order chi connectivity index (χ1) is 8.65. The number of nitrogens with zero attached hydrogens (tertiary/aromatic N) is 1. The molecule has 1 amide bonds. The molecule has 4 heteroatoms. The topological polar surface area (TPSA) is 40.5 Å². The average Bonchev–Trinajstić information content (AvgIpc) is 2.95. The van der Waals surface area contributed by atoms with Crippen LogP contribution in [0.25, 0.3) is 0 Å². The molecule has 100 valence electrons. The quantitative estimate of drug-likeness (QED) is 0.910. The molecule has 1 saturated heterocycles. The van der Waals surface area contributed by atoms with Crippen molar-refractivity contribution in [3.8, 4) is 0 Å². The fourth-order valence-electron chi connectivity index (χ4n) is 2.57. The normalized spacial score (nSPS) is 19.5. The molecule has 2 rings (SSSR count). The highest BCUT2D eigenvalue weighted by atomic mass is 32.1. The fraction of sp³-hybridized carbons (Fsp3) is 0.643. The van der Waals surface area contributed by atoms with Gasteiger partial charge in [0.15, 0.2) is 0 Å². The van der Waals surface area contributed by atoms with Crippen molar-refractivity contribution in [1.82, 2.24) is 4.90 Å². The lowest BCUT2D eigenvalue weighted by Crippen LogP contribution is -2.28. The van der Waals surface area contributed by atoms with Gasteiger partial charge in [0.05, 0.1) is 4.88 Å². The molecule has 1 N–H and O–H groups in total. The molecule has 1 aliphatic rings. The van der Waals surface area contributed by atoms with Gasteiger partial charge in [0.2, 0.25) is 0 Å². The van der Waals surface area contributed by atoms with Crippen LogP contribution >= 0.6 is 11.3 Å². The van der Waals surface area contributed by atoms with Crippen LogP contribution in [0, 0.1) is 12.8 Å². The van der Waals surface area contributed by atoms with Gasteiger partial charge in [0.25, 0.3) is 5.91 Å². The zero-order valence-electron chi connectivity index (χ0n) is 11.1. The van der Waals surface area contributed by atoms with E-state index in [2.05, 4.69) is 13.8 Å². The van der Waals surface area contributed by atoms with Gasteiger partial charge in [0.1, 0.15) is 0 Å². The molecule has 1 unspecified atom stereocenters. The summed E-state index contributed by atoms with van der Waals surface area (Å²) in [5.74, 6) is 0.647. The van der Waals surface area contributed by atoms with Crippen molar-refractivity contribution in [2.75, 3.05) is 19.7 Å². The smallest absolute Gasteiger partial charge is 0.263 e. The number of likely N-dealkylation sites (tertiary alicyclic amines) is 1. The van der Waals surface area contributed by atoms with Crippen LogP contribution in [0.1, 0.15) is 39.9 Å². The zero-order valence-corrected chi connectivity index (χ0v) is 11.9. The van der Waals surface area contributed by atoms with Gasteiger partial charge in [-0.15, -0.1) is 11.3 Å². The van der Waals surface area contributed by atoms with E-state index >= 15 is 0 Å².